The Bertz CT molecular complexity index is 2420. The van der Waals surface area contributed by atoms with E-state index in [1.54, 1.807) is 5.19 Å². The molecule has 3 heteroatoms. The second-order valence-corrected chi connectivity index (χ2v) is 18.0. The van der Waals surface area contributed by atoms with Crippen molar-refractivity contribution in [2.75, 3.05) is 4.90 Å². The lowest BCUT2D eigenvalue weighted by Gasteiger charge is -2.29. The fourth-order valence-electron chi connectivity index (χ4n) is 7.44. The van der Waals surface area contributed by atoms with E-state index in [0.29, 0.717) is 0 Å². The van der Waals surface area contributed by atoms with E-state index in [1.807, 2.05) is 11.3 Å². The van der Waals surface area contributed by atoms with Gasteiger partial charge < -0.3 is 4.90 Å². The molecule has 214 valence electrons. The van der Waals surface area contributed by atoms with Crippen molar-refractivity contribution in [3.05, 3.63) is 152 Å². The standard InChI is InChI=1S/C42H31NSSi/c1-45(2)39-25-24-38-41(34-17-9-11-19-37(34)44-38)42(39)35-23-22-32(27-40(35)45)43(31-14-4-3-5-15-31)36-18-10-8-16-33(36)30-21-20-28-12-6-7-13-29(28)26-30/h3-27H,1-2H3. The predicted octanol–water partition coefficient (Wildman–Crippen LogP) is 11.1. The molecule has 1 aromatic heterocycles. The number of benzene rings is 7. The Hall–Kier alpha value is -4.96. The summed E-state index contributed by atoms with van der Waals surface area (Å²) in [5, 5.41) is 8.39. The molecule has 8 aromatic rings. The Balaban J connectivity index is 1.26. The predicted molar refractivity (Wildman–Crippen MR) is 199 cm³/mol. The van der Waals surface area contributed by atoms with E-state index in [4.69, 9.17) is 0 Å². The Morgan fingerprint density at radius 2 is 1.27 bits per heavy atom. The van der Waals surface area contributed by atoms with Gasteiger partial charge in [0, 0.05) is 37.1 Å². The molecule has 0 unspecified atom stereocenters. The van der Waals surface area contributed by atoms with Crippen molar-refractivity contribution >= 4 is 77.8 Å². The van der Waals surface area contributed by atoms with Crippen molar-refractivity contribution in [1.82, 2.24) is 0 Å². The van der Waals surface area contributed by atoms with Crippen LogP contribution in [0.5, 0.6) is 0 Å². The van der Waals surface area contributed by atoms with Crippen LogP contribution in [0.3, 0.4) is 0 Å². The first-order chi connectivity index (χ1) is 22.1. The lowest BCUT2D eigenvalue weighted by atomic mass is 9.97. The Kier molecular flexibility index (Phi) is 5.89. The third kappa shape index (κ3) is 4.05. The van der Waals surface area contributed by atoms with Crippen molar-refractivity contribution in [1.29, 1.82) is 0 Å². The van der Waals surface area contributed by atoms with Crippen molar-refractivity contribution in [3.8, 4) is 22.3 Å². The second-order valence-electron chi connectivity index (χ2n) is 12.6. The van der Waals surface area contributed by atoms with Gasteiger partial charge in [0.15, 0.2) is 0 Å². The summed E-state index contributed by atoms with van der Waals surface area (Å²) in [6.07, 6.45) is 0. The van der Waals surface area contributed by atoms with E-state index in [0.717, 1.165) is 5.69 Å². The van der Waals surface area contributed by atoms with Gasteiger partial charge in [-0.1, -0.05) is 116 Å². The second kappa shape index (κ2) is 10.0. The van der Waals surface area contributed by atoms with Crippen LogP contribution in [-0.2, 0) is 0 Å². The number of fused-ring (bicyclic) bond motifs is 8. The van der Waals surface area contributed by atoms with Crippen LogP contribution < -0.4 is 15.3 Å². The topological polar surface area (TPSA) is 3.24 Å². The average molecular weight is 610 g/mol. The third-order valence-corrected chi connectivity index (χ3v) is 14.3. The van der Waals surface area contributed by atoms with Gasteiger partial charge in [-0.15, -0.1) is 11.3 Å². The zero-order chi connectivity index (χ0) is 30.1. The van der Waals surface area contributed by atoms with Crippen molar-refractivity contribution in [2.24, 2.45) is 0 Å². The molecule has 2 heterocycles. The summed E-state index contributed by atoms with van der Waals surface area (Å²) in [7, 11) is -1.97. The third-order valence-electron chi connectivity index (χ3n) is 9.64. The highest BCUT2D eigenvalue weighted by atomic mass is 32.1. The quantitative estimate of drug-likeness (QED) is 0.179. The highest BCUT2D eigenvalue weighted by Gasteiger charge is 2.39. The molecule has 0 N–H and O–H groups in total. The zero-order valence-corrected chi connectivity index (χ0v) is 27.1. The number of hydrogen-bond donors (Lipinski definition) is 0. The highest BCUT2D eigenvalue weighted by molar-refractivity contribution is 7.26. The molecule has 0 radical (unpaired) electrons. The largest absolute Gasteiger partial charge is 0.310 e. The normalized spacial score (nSPS) is 13.3. The highest BCUT2D eigenvalue weighted by Crippen LogP contribution is 2.45. The molecular weight excluding hydrogens is 579 g/mol. The maximum Gasteiger partial charge on any atom is 0.113 e. The van der Waals surface area contributed by atoms with Gasteiger partial charge in [-0.05, 0) is 86.4 Å². The molecule has 1 aliphatic rings. The first kappa shape index (κ1) is 26.4. The monoisotopic (exact) mass is 609 g/mol. The molecule has 7 aromatic carbocycles. The van der Waals surface area contributed by atoms with Crippen LogP contribution in [-0.4, -0.2) is 8.07 Å². The van der Waals surface area contributed by atoms with Gasteiger partial charge in [-0.3, -0.25) is 0 Å². The van der Waals surface area contributed by atoms with Crippen LogP contribution in [0.1, 0.15) is 0 Å². The summed E-state index contributed by atoms with van der Waals surface area (Å²) in [6, 6.07) is 56.1. The molecule has 1 nitrogen and oxygen atoms in total. The van der Waals surface area contributed by atoms with Crippen LogP contribution in [0.4, 0.5) is 17.1 Å². The Morgan fingerprint density at radius 3 is 2.16 bits per heavy atom. The maximum absolute atomic E-state index is 2.53. The Labute approximate surface area is 268 Å². The zero-order valence-electron chi connectivity index (χ0n) is 25.3. The minimum Gasteiger partial charge on any atom is -0.310 e. The van der Waals surface area contributed by atoms with E-state index in [1.165, 1.54) is 69.8 Å². The fraction of sp³-hybridized carbons (Fsp3) is 0.0476. The molecule has 0 atom stereocenters. The van der Waals surface area contributed by atoms with Crippen LogP contribution in [0.2, 0.25) is 13.1 Å². The van der Waals surface area contributed by atoms with Crippen LogP contribution >= 0.6 is 11.3 Å². The van der Waals surface area contributed by atoms with Crippen LogP contribution in [0, 0.1) is 0 Å². The molecule has 0 saturated heterocycles. The van der Waals surface area contributed by atoms with Crippen molar-refractivity contribution in [2.45, 2.75) is 13.1 Å². The average Bonchev–Trinajstić information content (AvgIpc) is 3.57. The van der Waals surface area contributed by atoms with Gasteiger partial charge in [0.1, 0.15) is 8.07 Å². The number of rotatable bonds is 4. The molecule has 0 fully saturated rings. The summed E-state index contributed by atoms with van der Waals surface area (Å²) in [6.45, 7) is 5.05. The number of para-hydroxylation sites is 2. The maximum atomic E-state index is 2.53. The van der Waals surface area contributed by atoms with E-state index in [-0.39, 0.29) is 0 Å². The molecule has 1 aliphatic heterocycles. The van der Waals surface area contributed by atoms with Gasteiger partial charge in [0.2, 0.25) is 0 Å². The Morgan fingerprint density at radius 1 is 0.511 bits per heavy atom. The first-order valence-corrected chi connectivity index (χ1v) is 19.4. The van der Waals surface area contributed by atoms with E-state index in [2.05, 4.69) is 170 Å². The smallest absolute Gasteiger partial charge is 0.113 e. The minimum absolute atomic E-state index is 1.16. The number of anilines is 3. The van der Waals surface area contributed by atoms with Gasteiger partial charge >= 0.3 is 0 Å². The molecule has 0 aliphatic carbocycles. The molecule has 0 saturated carbocycles. The van der Waals surface area contributed by atoms with Gasteiger partial charge in [-0.25, -0.2) is 0 Å². The van der Waals surface area contributed by atoms with Gasteiger partial charge in [-0.2, -0.15) is 0 Å². The van der Waals surface area contributed by atoms with Crippen molar-refractivity contribution in [3.63, 3.8) is 0 Å². The summed E-state index contributed by atoms with van der Waals surface area (Å²) in [5.41, 5.74) is 8.86. The lowest BCUT2D eigenvalue weighted by molar-refractivity contribution is 1.29. The number of thiophene rings is 1. The van der Waals surface area contributed by atoms with E-state index >= 15 is 0 Å². The fourth-order valence-corrected chi connectivity index (χ4v) is 11.6. The van der Waals surface area contributed by atoms with Crippen LogP contribution in [0.25, 0.3) is 53.2 Å². The summed E-state index contributed by atoms with van der Waals surface area (Å²) in [5.74, 6) is 0. The van der Waals surface area contributed by atoms with Crippen molar-refractivity contribution < 1.29 is 0 Å². The minimum atomic E-state index is -1.97. The summed E-state index contributed by atoms with van der Waals surface area (Å²) in [4.78, 5) is 2.45. The molecule has 9 rings (SSSR count). The van der Waals surface area contributed by atoms with Gasteiger partial charge in [0.25, 0.3) is 0 Å². The molecule has 0 spiro atoms. The molecule has 0 bridgehead atoms. The van der Waals surface area contributed by atoms with Crippen LogP contribution in [0.15, 0.2) is 152 Å². The SMILES string of the molecule is C[Si]1(C)c2cc(N(c3ccccc3)c3ccccc3-c3ccc4ccccc4c3)ccc2-c2c1ccc1sc3ccccc3c21. The molecule has 45 heavy (non-hydrogen) atoms. The first-order valence-electron chi connectivity index (χ1n) is 15.6. The molecule has 0 amide bonds. The van der Waals surface area contributed by atoms with E-state index < -0.39 is 8.07 Å². The molecular formula is C42H31NSSi. The summed E-state index contributed by atoms with van der Waals surface area (Å²) < 4.78 is 2.75. The van der Waals surface area contributed by atoms with E-state index in [9.17, 15) is 0 Å². The summed E-state index contributed by atoms with van der Waals surface area (Å²) >= 11 is 1.91. The number of hydrogen-bond acceptors (Lipinski definition) is 2. The van der Waals surface area contributed by atoms with Gasteiger partial charge in [0.05, 0.1) is 5.69 Å². The lowest BCUT2D eigenvalue weighted by Crippen LogP contribution is -2.49. The number of nitrogens with zero attached hydrogens (tertiary/aromatic N) is 1.